The van der Waals surface area contributed by atoms with Gasteiger partial charge in [-0.15, -0.1) is 0 Å². The molecule has 1 saturated heterocycles. The predicted molar refractivity (Wildman–Crippen MR) is 111 cm³/mol. The van der Waals surface area contributed by atoms with Crippen LogP contribution in [-0.2, 0) is 22.4 Å². The van der Waals surface area contributed by atoms with E-state index in [2.05, 4.69) is 16.7 Å². The number of nitrogens with one attached hydrogen (secondary N) is 2. The highest BCUT2D eigenvalue weighted by Gasteiger charge is 2.43. The molecule has 2 fully saturated rings. The van der Waals surface area contributed by atoms with Crippen LogP contribution in [0, 0.1) is 17.2 Å². The first-order chi connectivity index (χ1) is 14.5. The molecule has 7 heteroatoms. The molecule has 3 aliphatic rings. The fraction of sp³-hybridized carbons (Fsp3) is 0.435. The summed E-state index contributed by atoms with van der Waals surface area (Å²) in [4.78, 5) is 26.2. The topological polar surface area (TPSA) is 98.4 Å². The molecule has 1 saturated carbocycles. The molecule has 0 unspecified atom stereocenters. The van der Waals surface area contributed by atoms with E-state index in [4.69, 9.17) is 4.42 Å². The first kappa shape index (κ1) is 18.9. The van der Waals surface area contributed by atoms with Crippen molar-refractivity contribution >= 4 is 17.5 Å². The number of fused-ring (bicyclic) bond motifs is 3. The Hall–Kier alpha value is -3.11. The fourth-order valence-corrected chi connectivity index (χ4v) is 4.98. The summed E-state index contributed by atoms with van der Waals surface area (Å²) >= 11 is 0. The van der Waals surface area contributed by atoms with Crippen molar-refractivity contribution in [1.82, 2.24) is 10.6 Å². The quantitative estimate of drug-likeness (QED) is 0.796. The summed E-state index contributed by atoms with van der Waals surface area (Å²) in [5, 5.41) is 15.8. The van der Waals surface area contributed by atoms with E-state index in [1.54, 1.807) is 11.9 Å². The zero-order valence-electron chi connectivity index (χ0n) is 16.9. The van der Waals surface area contributed by atoms with Gasteiger partial charge in [-0.1, -0.05) is 12.1 Å². The number of carbonyl (C=O) groups excluding carboxylic acids is 2. The Morgan fingerprint density at radius 2 is 2.23 bits per heavy atom. The number of carbonyl (C=O) groups is 2. The van der Waals surface area contributed by atoms with Crippen molar-refractivity contribution in [3.63, 3.8) is 0 Å². The molecule has 154 valence electrons. The van der Waals surface area contributed by atoms with Crippen molar-refractivity contribution in [3.05, 3.63) is 41.7 Å². The number of hydrogen-bond acceptors (Lipinski definition) is 5. The normalized spacial score (nSPS) is 25.3. The smallest absolute Gasteiger partial charge is 0.238 e. The van der Waals surface area contributed by atoms with Crippen LogP contribution >= 0.6 is 0 Å². The van der Waals surface area contributed by atoms with Crippen LogP contribution in [0.4, 0.5) is 5.69 Å². The van der Waals surface area contributed by atoms with Crippen LogP contribution in [0.1, 0.15) is 30.6 Å². The van der Waals surface area contributed by atoms with Crippen molar-refractivity contribution in [2.45, 2.75) is 50.2 Å². The van der Waals surface area contributed by atoms with Gasteiger partial charge in [0.15, 0.2) is 0 Å². The second-order valence-electron chi connectivity index (χ2n) is 8.55. The van der Waals surface area contributed by atoms with Gasteiger partial charge in [-0.3, -0.25) is 9.59 Å². The van der Waals surface area contributed by atoms with Gasteiger partial charge in [0.2, 0.25) is 11.8 Å². The maximum atomic E-state index is 12.6. The highest BCUT2D eigenvalue weighted by Crippen LogP contribution is 2.35. The Labute approximate surface area is 175 Å². The lowest BCUT2D eigenvalue weighted by Crippen LogP contribution is -2.50. The average Bonchev–Trinajstić information content (AvgIpc) is 3.53. The van der Waals surface area contributed by atoms with Gasteiger partial charge in [0.05, 0.1) is 18.5 Å². The third-order valence-corrected chi connectivity index (χ3v) is 6.63. The van der Waals surface area contributed by atoms with Crippen LogP contribution < -0.4 is 15.5 Å². The minimum absolute atomic E-state index is 0.0832. The van der Waals surface area contributed by atoms with E-state index in [-0.39, 0.29) is 17.9 Å². The van der Waals surface area contributed by atoms with Crippen molar-refractivity contribution in [3.8, 4) is 17.4 Å². The number of hydrogen-bond donors (Lipinski definition) is 2. The molecule has 2 bridgehead atoms. The van der Waals surface area contributed by atoms with E-state index < -0.39 is 6.04 Å². The number of rotatable bonds is 5. The van der Waals surface area contributed by atoms with Crippen LogP contribution in [-0.4, -0.2) is 37.0 Å². The molecule has 1 aliphatic carbocycles. The number of piperidine rings is 1. The molecule has 1 aromatic carbocycles. The summed E-state index contributed by atoms with van der Waals surface area (Å²) < 4.78 is 5.96. The number of benzene rings is 1. The summed E-state index contributed by atoms with van der Waals surface area (Å²) in [6, 6.07) is 11.4. The first-order valence-electron chi connectivity index (χ1n) is 10.5. The van der Waals surface area contributed by atoms with Crippen molar-refractivity contribution in [2.24, 2.45) is 5.92 Å². The minimum Gasteiger partial charge on any atom is -0.461 e. The molecule has 1 aromatic heterocycles. The minimum atomic E-state index is -0.638. The molecule has 0 spiro atoms. The molecule has 2 aliphatic heterocycles. The monoisotopic (exact) mass is 404 g/mol. The molecule has 5 rings (SSSR count). The zero-order valence-corrected chi connectivity index (χ0v) is 16.9. The SMILES string of the molecule is CN1C(=O)Cc2ccc(-c3ccc(C[C@@H](C#N)NC(=O)[C@H]4N[C@H]5CC[C@H]4C5)o3)cc21. The van der Waals surface area contributed by atoms with Crippen LogP contribution in [0.5, 0.6) is 0 Å². The summed E-state index contributed by atoms with van der Waals surface area (Å²) in [7, 11) is 1.77. The van der Waals surface area contributed by atoms with E-state index in [1.807, 2.05) is 30.3 Å². The Kier molecular flexibility index (Phi) is 4.59. The number of nitriles is 1. The number of nitrogens with zero attached hydrogens (tertiary/aromatic N) is 2. The molecule has 7 nitrogen and oxygen atoms in total. The maximum Gasteiger partial charge on any atom is 0.238 e. The van der Waals surface area contributed by atoms with Crippen molar-refractivity contribution in [2.75, 3.05) is 11.9 Å². The molecule has 2 amide bonds. The van der Waals surface area contributed by atoms with Crippen molar-refractivity contribution in [1.29, 1.82) is 5.26 Å². The Bertz CT molecular complexity index is 1050. The highest BCUT2D eigenvalue weighted by molar-refractivity contribution is 6.01. The molecule has 3 heterocycles. The summed E-state index contributed by atoms with van der Waals surface area (Å²) in [5.41, 5.74) is 2.79. The van der Waals surface area contributed by atoms with Gasteiger partial charge in [0, 0.05) is 30.8 Å². The molecule has 30 heavy (non-hydrogen) atoms. The lowest BCUT2D eigenvalue weighted by Gasteiger charge is -2.23. The number of furan rings is 1. The third-order valence-electron chi connectivity index (χ3n) is 6.63. The van der Waals surface area contributed by atoms with Crippen LogP contribution in [0.25, 0.3) is 11.3 Å². The molecule has 4 atom stereocenters. The molecule has 0 radical (unpaired) electrons. The number of anilines is 1. The first-order valence-corrected chi connectivity index (χ1v) is 10.5. The van der Waals surface area contributed by atoms with Crippen LogP contribution in [0.2, 0.25) is 0 Å². The second-order valence-corrected chi connectivity index (χ2v) is 8.55. The van der Waals surface area contributed by atoms with Gasteiger partial charge in [-0.05, 0) is 48.9 Å². The second kappa shape index (κ2) is 7.29. The van der Waals surface area contributed by atoms with Gasteiger partial charge >= 0.3 is 0 Å². The third kappa shape index (κ3) is 3.27. The lowest BCUT2D eigenvalue weighted by atomic mass is 9.99. The van der Waals surface area contributed by atoms with Gasteiger partial charge in [0.25, 0.3) is 0 Å². The Balaban J connectivity index is 1.26. The molecule has 2 aromatic rings. The van der Waals surface area contributed by atoms with Crippen molar-refractivity contribution < 1.29 is 14.0 Å². The summed E-state index contributed by atoms with van der Waals surface area (Å²) in [5.74, 6) is 1.70. The number of likely N-dealkylation sites (N-methyl/N-ethyl adjacent to an activating group) is 1. The molecular weight excluding hydrogens is 380 g/mol. The fourth-order valence-electron chi connectivity index (χ4n) is 4.98. The van der Waals surface area contributed by atoms with E-state index in [9.17, 15) is 14.9 Å². The predicted octanol–water partition coefficient (Wildman–Crippen LogP) is 2.16. The van der Waals surface area contributed by atoms with Crippen LogP contribution in [0.3, 0.4) is 0 Å². The van der Waals surface area contributed by atoms with E-state index in [0.717, 1.165) is 36.1 Å². The zero-order chi connectivity index (χ0) is 20.8. The summed E-state index contributed by atoms with van der Waals surface area (Å²) in [6.45, 7) is 0. The highest BCUT2D eigenvalue weighted by atomic mass is 16.3. The lowest BCUT2D eigenvalue weighted by molar-refractivity contribution is -0.124. The number of amides is 2. The standard InChI is InChI=1S/C23H24N4O3/c1-27-19-9-14(3-2-13(19)10-21(27)28)20-7-6-18(30-20)11-17(12-24)26-23(29)22-15-4-5-16(8-15)25-22/h2-3,6-7,9,15-17,22,25H,4-5,8,10-11H2,1H3,(H,26,29)/t15-,16-,17-,22-/m0/s1. The Morgan fingerprint density at radius 3 is 2.97 bits per heavy atom. The summed E-state index contributed by atoms with van der Waals surface area (Å²) in [6.07, 6.45) is 4.01. The van der Waals surface area contributed by atoms with Gasteiger partial charge in [-0.25, -0.2) is 0 Å². The van der Waals surface area contributed by atoms with E-state index in [0.29, 0.717) is 36.3 Å². The largest absolute Gasteiger partial charge is 0.461 e. The van der Waals surface area contributed by atoms with Gasteiger partial charge in [0.1, 0.15) is 17.6 Å². The van der Waals surface area contributed by atoms with Gasteiger partial charge < -0.3 is 20.0 Å². The maximum absolute atomic E-state index is 12.6. The van der Waals surface area contributed by atoms with E-state index in [1.165, 1.54) is 0 Å². The van der Waals surface area contributed by atoms with E-state index >= 15 is 0 Å². The molecular formula is C23H24N4O3. The average molecular weight is 404 g/mol. The Morgan fingerprint density at radius 1 is 1.37 bits per heavy atom. The van der Waals surface area contributed by atoms with Gasteiger partial charge in [-0.2, -0.15) is 5.26 Å². The van der Waals surface area contributed by atoms with Crippen LogP contribution in [0.15, 0.2) is 34.7 Å². The molecule has 2 N–H and O–H groups in total.